The predicted molar refractivity (Wildman–Crippen MR) is 125 cm³/mol. The van der Waals surface area contributed by atoms with Gasteiger partial charge in [-0.1, -0.05) is 6.92 Å². The summed E-state index contributed by atoms with van der Waals surface area (Å²) in [5.41, 5.74) is 0.348. The third-order valence-electron chi connectivity index (χ3n) is 5.70. The number of aromatic carboxylic acids is 1. The van der Waals surface area contributed by atoms with E-state index in [9.17, 15) is 27.1 Å². The van der Waals surface area contributed by atoms with E-state index in [0.29, 0.717) is 30.5 Å². The Hall–Kier alpha value is -3.31. The van der Waals surface area contributed by atoms with Gasteiger partial charge in [-0.3, -0.25) is 9.62 Å². The highest BCUT2D eigenvalue weighted by Gasteiger charge is 2.23. The number of carboxylic acid groups (broad SMARTS) is 1. The molecule has 4 rings (SSSR count). The van der Waals surface area contributed by atoms with Crippen LogP contribution in [0.25, 0.3) is 10.9 Å². The summed E-state index contributed by atoms with van der Waals surface area (Å²) in [5, 5.41) is 10.0. The summed E-state index contributed by atoms with van der Waals surface area (Å²) in [5.74, 6) is -2.65. The van der Waals surface area contributed by atoms with E-state index in [-0.39, 0.29) is 16.6 Å². The molecule has 11 heteroatoms. The summed E-state index contributed by atoms with van der Waals surface area (Å²) in [6, 6.07) is 7.82. The number of hydrogen-bond acceptors (Lipinski definition) is 6. The molecule has 34 heavy (non-hydrogen) atoms. The first-order chi connectivity index (χ1) is 16.2. The van der Waals surface area contributed by atoms with Crippen LogP contribution >= 0.6 is 0 Å². The topological polar surface area (TPSA) is 103 Å². The molecule has 0 atom stereocenters. The number of rotatable bonds is 7. The largest absolute Gasteiger partial charge is 0.478 e. The van der Waals surface area contributed by atoms with Gasteiger partial charge in [0, 0.05) is 37.3 Å². The zero-order chi connectivity index (χ0) is 24.5. The third kappa shape index (κ3) is 4.95. The van der Waals surface area contributed by atoms with E-state index in [0.717, 1.165) is 38.2 Å². The quantitative estimate of drug-likeness (QED) is 0.522. The number of nitrogens with one attached hydrogen (secondary N) is 1. The zero-order valence-electron chi connectivity index (χ0n) is 18.5. The minimum Gasteiger partial charge on any atom is -0.478 e. The third-order valence-corrected chi connectivity index (χ3v) is 7.09. The number of pyridine rings is 1. The first kappa shape index (κ1) is 23.8. The van der Waals surface area contributed by atoms with E-state index >= 15 is 0 Å². The number of hydrogen-bond donors (Lipinski definition) is 2. The Morgan fingerprint density at radius 3 is 2.50 bits per heavy atom. The second-order valence-electron chi connectivity index (χ2n) is 8.07. The summed E-state index contributed by atoms with van der Waals surface area (Å²) < 4.78 is 54.9. The highest BCUT2D eigenvalue weighted by atomic mass is 32.2. The first-order valence-corrected chi connectivity index (χ1v) is 12.3. The van der Waals surface area contributed by atoms with Crippen LogP contribution in [0, 0.1) is 11.6 Å². The Morgan fingerprint density at radius 2 is 1.82 bits per heavy atom. The van der Waals surface area contributed by atoms with Crippen LogP contribution in [0.4, 0.5) is 20.3 Å². The fourth-order valence-corrected chi connectivity index (χ4v) is 5.16. The number of benzene rings is 2. The number of nitrogens with zero attached hydrogens (tertiary/aromatic N) is 3. The molecular formula is C23H24F2N4O4S. The van der Waals surface area contributed by atoms with Crippen LogP contribution in [-0.2, 0) is 10.0 Å². The fraction of sp³-hybridized carbons (Fsp3) is 0.304. The molecule has 2 aromatic carbocycles. The Morgan fingerprint density at radius 1 is 1.09 bits per heavy atom. The van der Waals surface area contributed by atoms with Gasteiger partial charge < -0.3 is 10.0 Å². The zero-order valence-corrected chi connectivity index (χ0v) is 19.3. The van der Waals surface area contributed by atoms with E-state index in [4.69, 9.17) is 0 Å². The van der Waals surface area contributed by atoms with Crippen molar-refractivity contribution in [1.82, 2.24) is 9.88 Å². The lowest BCUT2D eigenvalue weighted by atomic mass is 10.1. The van der Waals surface area contributed by atoms with E-state index < -0.39 is 32.5 Å². The van der Waals surface area contributed by atoms with Crippen LogP contribution in [-0.4, -0.2) is 62.1 Å². The molecule has 1 aliphatic heterocycles. The van der Waals surface area contributed by atoms with E-state index in [1.54, 1.807) is 0 Å². The molecular weight excluding hydrogens is 466 g/mol. The van der Waals surface area contributed by atoms with Crippen LogP contribution in [0.1, 0.15) is 23.7 Å². The Kier molecular flexibility index (Phi) is 6.67. The lowest BCUT2D eigenvalue weighted by Crippen LogP contribution is -2.46. The summed E-state index contributed by atoms with van der Waals surface area (Å²) in [7, 11) is -4.45. The molecule has 0 amide bonds. The SMILES string of the molecule is CCCN1CCN(c2cc(C(=O)O)c3cc(NS(=O)(=O)c4cc(F)ccc4F)ccc3n2)CC1. The monoisotopic (exact) mass is 490 g/mol. The average molecular weight is 491 g/mol. The number of anilines is 2. The number of carboxylic acids is 1. The molecule has 0 spiro atoms. The Bertz CT molecular complexity index is 1340. The second kappa shape index (κ2) is 9.51. The molecule has 3 aromatic rings. The summed E-state index contributed by atoms with van der Waals surface area (Å²) in [6.45, 7) is 6.28. The molecule has 0 unspecified atom stereocenters. The summed E-state index contributed by atoms with van der Waals surface area (Å²) in [6.07, 6.45) is 1.06. The average Bonchev–Trinajstić information content (AvgIpc) is 2.80. The molecule has 8 nitrogen and oxygen atoms in total. The highest BCUT2D eigenvalue weighted by molar-refractivity contribution is 7.92. The first-order valence-electron chi connectivity index (χ1n) is 10.8. The molecule has 1 fully saturated rings. The highest BCUT2D eigenvalue weighted by Crippen LogP contribution is 2.28. The van der Waals surface area contributed by atoms with Crippen molar-refractivity contribution in [3.8, 4) is 0 Å². The second-order valence-corrected chi connectivity index (χ2v) is 9.72. The van der Waals surface area contributed by atoms with E-state index in [1.165, 1.54) is 24.3 Å². The number of carbonyl (C=O) groups is 1. The molecule has 0 aliphatic carbocycles. The lowest BCUT2D eigenvalue weighted by molar-refractivity contribution is 0.0699. The number of halogens is 2. The molecule has 0 radical (unpaired) electrons. The van der Waals surface area contributed by atoms with Crippen molar-refractivity contribution in [2.24, 2.45) is 0 Å². The van der Waals surface area contributed by atoms with Crippen molar-refractivity contribution in [2.45, 2.75) is 18.2 Å². The molecule has 2 N–H and O–H groups in total. The van der Waals surface area contributed by atoms with Gasteiger partial charge in [-0.15, -0.1) is 0 Å². The minimum absolute atomic E-state index is 0.00129. The molecule has 1 aromatic heterocycles. The van der Waals surface area contributed by atoms with Crippen molar-refractivity contribution in [2.75, 3.05) is 42.3 Å². The summed E-state index contributed by atoms with van der Waals surface area (Å²) in [4.78, 5) is 20.1. The van der Waals surface area contributed by atoms with Gasteiger partial charge in [-0.25, -0.2) is 27.0 Å². The minimum atomic E-state index is -4.45. The molecule has 0 saturated carbocycles. The number of fused-ring (bicyclic) bond motifs is 1. The Labute approximate surface area is 195 Å². The van der Waals surface area contributed by atoms with Gasteiger partial charge in [0.1, 0.15) is 22.3 Å². The predicted octanol–water partition coefficient (Wildman–Crippen LogP) is 3.54. The maximum absolute atomic E-state index is 14.0. The summed E-state index contributed by atoms with van der Waals surface area (Å²) >= 11 is 0. The van der Waals surface area contributed by atoms with Gasteiger partial charge in [0.05, 0.1) is 11.1 Å². The van der Waals surface area contributed by atoms with E-state index in [2.05, 4.69) is 21.5 Å². The molecule has 1 saturated heterocycles. The molecule has 2 heterocycles. The van der Waals surface area contributed by atoms with Crippen LogP contribution < -0.4 is 9.62 Å². The van der Waals surface area contributed by atoms with Crippen LogP contribution in [0.5, 0.6) is 0 Å². The standard InChI is InChI=1S/C23H24F2N4O4S/c1-2-7-28-8-10-29(11-9-28)22-14-18(23(30)31)17-13-16(4-6-20(17)26-22)27-34(32,33)21-12-15(24)3-5-19(21)25/h3-6,12-14,27H,2,7-11H2,1H3,(H,30,31). The van der Waals surface area contributed by atoms with Crippen LogP contribution in [0.15, 0.2) is 47.4 Å². The van der Waals surface area contributed by atoms with Gasteiger partial charge >= 0.3 is 5.97 Å². The van der Waals surface area contributed by atoms with Crippen molar-refractivity contribution < 1.29 is 27.1 Å². The van der Waals surface area contributed by atoms with Gasteiger partial charge in [0.25, 0.3) is 10.0 Å². The van der Waals surface area contributed by atoms with Crippen molar-refractivity contribution in [1.29, 1.82) is 0 Å². The van der Waals surface area contributed by atoms with Gasteiger partial charge in [-0.05, 0) is 55.4 Å². The van der Waals surface area contributed by atoms with Gasteiger partial charge in [0.15, 0.2) is 0 Å². The van der Waals surface area contributed by atoms with Crippen LogP contribution in [0.2, 0.25) is 0 Å². The lowest BCUT2D eigenvalue weighted by Gasteiger charge is -2.35. The Balaban J connectivity index is 1.66. The number of piperazine rings is 1. The maximum Gasteiger partial charge on any atom is 0.336 e. The van der Waals surface area contributed by atoms with E-state index in [1.807, 2.05) is 4.90 Å². The van der Waals surface area contributed by atoms with Gasteiger partial charge in [-0.2, -0.15) is 0 Å². The molecule has 1 aliphatic rings. The van der Waals surface area contributed by atoms with Crippen molar-refractivity contribution >= 4 is 38.4 Å². The smallest absolute Gasteiger partial charge is 0.336 e. The number of aromatic nitrogens is 1. The van der Waals surface area contributed by atoms with Gasteiger partial charge in [0.2, 0.25) is 0 Å². The number of sulfonamides is 1. The fourth-order valence-electron chi connectivity index (χ4n) is 4.02. The maximum atomic E-state index is 14.0. The normalized spacial score (nSPS) is 15.0. The van der Waals surface area contributed by atoms with Crippen LogP contribution in [0.3, 0.4) is 0 Å². The van der Waals surface area contributed by atoms with Crippen molar-refractivity contribution in [3.63, 3.8) is 0 Å². The molecule has 180 valence electrons. The van der Waals surface area contributed by atoms with Crippen molar-refractivity contribution in [3.05, 3.63) is 59.7 Å². The molecule has 0 bridgehead atoms.